The summed E-state index contributed by atoms with van der Waals surface area (Å²) in [6.07, 6.45) is 6.19. The third kappa shape index (κ3) is 7.06. The van der Waals surface area contributed by atoms with Gasteiger partial charge in [0.25, 0.3) is 5.91 Å². The van der Waals surface area contributed by atoms with E-state index in [0.717, 1.165) is 11.3 Å². The Balaban J connectivity index is 0.00000338. The highest BCUT2D eigenvalue weighted by atomic mass is 35.5. The Bertz CT molecular complexity index is 729. The van der Waals surface area contributed by atoms with Crippen molar-refractivity contribution >= 4 is 48.5 Å². The summed E-state index contributed by atoms with van der Waals surface area (Å²) >= 11 is 1.54. The van der Waals surface area contributed by atoms with E-state index in [1.807, 2.05) is 12.3 Å². The molecule has 0 spiro atoms. The fourth-order valence-corrected chi connectivity index (χ4v) is 3.04. The second-order valence-electron chi connectivity index (χ2n) is 5.53. The number of carboxylic acid groups (broad SMARTS) is 1. The third-order valence-corrected chi connectivity index (χ3v) is 4.51. The van der Waals surface area contributed by atoms with Gasteiger partial charge in [-0.3, -0.25) is 4.79 Å². The maximum Gasteiger partial charge on any atom is 0.326 e. The maximum absolute atomic E-state index is 12.6. The Morgan fingerprint density at radius 1 is 1.37 bits per heavy atom. The first-order chi connectivity index (χ1) is 12.1. The predicted octanol–water partition coefficient (Wildman–Crippen LogP) is 2.24. The Hall–Kier alpha value is -1.74. The molecule has 10 heteroatoms. The van der Waals surface area contributed by atoms with E-state index in [1.54, 1.807) is 24.7 Å². The van der Waals surface area contributed by atoms with Crippen molar-refractivity contribution in [3.63, 3.8) is 0 Å². The molecule has 7 nitrogen and oxygen atoms in total. The van der Waals surface area contributed by atoms with Gasteiger partial charge in [-0.2, -0.15) is 11.8 Å². The number of aromatic amines is 1. The van der Waals surface area contributed by atoms with Crippen LogP contribution in [-0.2, 0) is 17.8 Å². The summed E-state index contributed by atoms with van der Waals surface area (Å²) in [5, 5.41) is 11.9. The highest BCUT2D eigenvalue weighted by molar-refractivity contribution is 7.98. The van der Waals surface area contributed by atoms with Crippen molar-refractivity contribution in [3.8, 4) is 0 Å². The van der Waals surface area contributed by atoms with Gasteiger partial charge in [-0.25, -0.2) is 9.78 Å². The molecule has 1 aromatic heterocycles. The first-order valence-corrected chi connectivity index (χ1v) is 9.27. The van der Waals surface area contributed by atoms with Gasteiger partial charge in [-0.05, 0) is 35.6 Å². The van der Waals surface area contributed by atoms with E-state index in [4.69, 9.17) is 5.73 Å². The number of carbonyl (C=O) groups is 2. The molecule has 0 bridgehead atoms. The normalized spacial score (nSPS) is 11.0. The molecular formula is C17H24Cl2N4O3S. The molecule has 0 aliphatic rings. The van der Waals surface area contributed by atoms with Gasteiger partial charge < -0.3 is 21.1 Å². The SMILES string of the molecule is CSCC[C@H](NC(=O)c1cccc(Cc2c[nH]cn2)c1CN)C(=O)O.Cl.Cl. The lowest BCUT2D eigenvalue weighted by atomic mass is 9.97. The highest BCUT2D eigenvalue weighted by Crippen LogP contribution is 2.18. The summed E-state index contributed by atoms with van der Waals surface area (Å²) in [4.78, 5) is 31.0. The third-order valence-electron chi connectivity index (χ3n) is 3.86. The molecule has 150 valence electrons. The fourth-order valence-electron chi connectivity index (χ4n) is 2.57. The number of hydrogen-bond acceptors (Lipinski definition) is 5. The number of aliphatic carboxylic acids is 1. The Morgan fingerprint density at radius 3 is 2.67 bits per heavy atom. The van der Waals surface area contributed by atoms with Gasteiger partial charge in [-0.15, -0.1) is 24.8 Å². The van der Waals surface area contributed by atoms with Crippen molar-refractivity contribution in [2.24, 2.45) is 5.73 Å². The quantitative estimate of drug-likeness (QED) is 0.479. The Kier molecular flexibility index (Phi) is 11.8. The minimum Gasteiger partial charge on any atom is -0.480 e. The van der Waals surface area contributed by atoms with Crippen molar-refractivity contribution in [2.75, 3.05) is 12.0 Å². The zero-order chi connectivity index (χ0) is 18.2. The van der Waals surface area contributed by atoms with E-state index >= 15 is 0 Å². The molecule has 1 heterocycles. The minimum atomic E-state index is -1.04. The van der Waals surface area contributed by atoms with Gasteiger partial charge in [0.15, 0.2) is 0 Å². The molecule has 1 amide bonds. The van der Waals surface area contributed by atoms with Crippen LogP contribution in [-0.4, -0.2) is 45.0 Å². The molecular weight excluding hydrogens is 411 g/mol. The van der Waals surface area contributed by atoms with Crippen molar-refractivity contribution in [3.05, 3.63) is 53.1 Å². The molecule has 5 N–H and O–H groups in total. The van der Waals surface area contributed by atoms with E-state index in [2.05, 4.69) is 15.3 Å². The van der Waals surface area contributed by atoms with Crippen LogP contribution in [0, 0.1) is 0 Å². The number of aromatic nitrogens is 2. The average Bonchev–Trinajstić information content (AvgIpc) is 3.11. The number of nitrogens with zero attached hydrogens (tertiary/aromatic N) is 1. The van der Waals surface area contributed by atoms with Crippen LogP contribution < -0.4 is 11.1 Å². The number of thioether (sulfide) groups is 1. The van der Waals surface area contributed by atoms with E-state index < -0.39 is 17.9 Å². The van der Waals surface area contributed by atoms with Gasteiger partial charge in [0, 0.05) is 24.7 Å². The van der Waals surface area contributed by atoms with E-state index in [1.165, 1.54) is 11.8 Å². The lowest BCUT2D eigenvalue weighted by Gasteiger charge is -2.17. The second-order valence-corrected chi connectivity index (χ2v) is 6.52. The predicted molar refractivity (Wildman–Crippen MR) is 112 cm³/mol. The molecule has 2 aromatic rings. The number of halogens is 2. The number of H-pyrrole nitrogens is 1. The van der Waals surface area contributed by atoms with Gasteiger partial charge in [0.05, 0.1) is 12.0 Å². The number of amides is 1. The van der Waals surface area contributed by atoms with Gasteiger partial charge in [0.1, 0.15) is 6.04 Å². The number of carbonyl (C=O) groups excluding carboxylic acids is 1. The van der Waals surface area contributed by atoms with Crippen LogP contribution in [0.1, 0.15) is 33.6 Å². The number of carboxylic acids is 1. The van der Waals surface area contributed by atoms with Gasteiger partial charge >= 0.3 is 5.97 Å². The summed E-state index contributed by atoms with van der Waals surface area (Å²) in [6, 6.07) is 4.42. The van der Waals surface area contributed by atoms with Crippen LogP contribution in [0.5, 0.6) is 0 Å². The maximum atomic E-state index is 12.6. The van der Waals surface area contributed by atoms with Crippen molar-refractivity contribution < 1.29 is 14.7 Å². The monoisotopic (exact) mass is 434 g/mol. The molecule has 0 fully saturated rings. The number of hydrogen-bond donors (Lipinski definition) is 4. The van der Waals surface area contributed by atoms with Crippen LogP contribution in [0.25, 0.3) is 0 Å². The molecule has 0 saturated carbocycles. The molecule has 1 atom stereocenters. The molecule has 1 aromatic carbocycles. The number of nitrogens with two attached hydrogens (primary N) is 1. The smallest absolute Gasteiger partial charge is 0.326 e. The van der Waals surface area contributed by atoms with Gasteiger partial charge in [-0.1, -0.05) is 12.1 Å². The lowest BCUT2D eigenvalue weighted by molar-refractivity contribution is -0.139. The number of rotatable bonds is 9. The average molecular weight is 435 g/mol. The zero-order valence-corrected chi connectivity index (χ0v) is 17.3. The minimum absolute atomic E-state index is 0. The first kappa shape index (κ1) is 25.3. The van der Waals surface area contributed by atoms with Crippen LogP contribution in [0.2, 0.25) is 0 Å². The lowest BCUT2D eigenvalue weighted by Crippen LogP contribution is -2.41. The van der Waals surface area contributed by atoms with Crippen molar-refractivity contribution in [1.82, 2.24) is 15.3 Å². The molecule has 27 heavy (non-hydrogen) atoms. The van der Waals surface area contributed by atoms with E-state index in [-0.39, 0.29) is 31.4 Å². The topological polar surface area (TPSA) is 121 Å². The van der Waals surface area contributed by atoms with Crippen LogP contribution >= 0.6 is 36.6 Å². The molecule has 0 aliphatic carbocycles. The number of nitrogens with one attached hydrogen (secondary N) is 2. The molecule has 0 unspecified atom stereocenters. The zero-order valence-electron chi connectivity index (χ0n) is 14.8. The summed E-state index contributed by atoms with van der Waals surface area (Å²) in [5.41, 5.74) is 8.72. The molecule has 0 aliphatic heterocycles. The Morgan fingerprint density at radius 2 is 2.11 bits per heavy atom. The van der Waals surface area contributed by atoms with Crippen LogP contribution in [0.4, 0.5) is 0 Å². The van der Waals surface area contributed by atoms with Crippen LogP contribution in [0.3, 0.4) is 0 Å². The largest absolute Gasteiger partial charge is 0.480 e. The summed E-state index contributed by atoms with van der Waals surface area (Å²) < 4.78 is 0. The summed E-state index contributed by atoms with van der Waals surface area (Å²) in [5.74, 6) is -0.803. The molecule has 0 radical (unpaired) electrons. The van der Waals surface area contributed by atoms with E-state index in [9.17, 15) is 14.7 Å². The summed E-state index contributed by atoms with van der Waals surface area (Å²) in [6.45, 7) is 0.186. The number of benzene rings is 1. The standard InChI is InChI=1S/C17H22N4O3S.2ClH/c1-25-6-5-15(17(23)24)21-16(22)13-4-2-3-11(14(13)8-18)7-12-9-19-10-20-12;;/h2-4,9-10,15H,5-8,18H2,1H3,(H,19,20)(H,21,22)(H,23,24);2*1H/t15-;;/m0../s1. The Labute approximate surface area is 174 Å². The molecule has 0 saturated heterocycles. The molecule has 2 rings (SSSR count). The van der Waals surface area contributed by atoms with Crippen molar-refractivity contribution in [2.45, 2.75) is 25.4 Å². The second kappa shape index (κ2) is 12.6. The van der Waals surface area contributed by atoms with Gasteiger partial charge in [0.2, 0.25) is 0 Å². The van der Waals surface area contributed by atoms with Crippen molar-refractivity contribution in [1.29, 1.82) is 0 Å². The van der Waals surface area contributed by atoms with Crippen LogP contribution in [0.15, 0.2) is 30.7 Å². The highest BCUT2D eigenvalue weighted by Gasteiger charge is 2.22. The number of imidazole rings is 1. The fraction of sp³-hybridized carbons (Fsp3) is 0.353. The first-order valence-electron chi connectivity index (χ1n) is 7.88. The summed E-state index contributed by atoms with van der Waals surface area (Å²) in [7, 11) is 0. The van der Waals surface area contributed by atoms with E-state index in [0.29, 0.717) is 29.7 Å².